The van der Waals surface area contributed by atoms with Crippen LogP contribution >= 0.6 is 0 Å². The lowest BCUT2D eigenvalue weighted by molar-refractivity contribution is 0.136. The molecule has 1 aliphatic heterocycles. The maximum absolute atomic E-state index is 9.69. The van der Waals surface area contributed by atoms with Gasteiger partial charge in [-0.05, 0) is 25.5 Å². The van der Waals surface area contributed by atoms with Gasteiger partial charge in [-0.3, -0.25) is 4.98 Å². The zero-order valence-electron chi connectivity index (χ0n) is 11.1. The molecule has 19 heavy (non-hydrogen) atoms. The van der Waals surface area contributed by atoms with E-state index in [0.29, 0.717) is 5.92 Å². The minimum absolute atomic E-state index is 0.254. The number of benzene rings is 1. The molecule has 1 saturated heterocycles. The van der Waals surface area contributed by atoms with Crippen LogP contribution in [0.1, 0.15) is 13.3 Å². The predicted octanol–water partition coefficient (Wildman–Crippen LogP) is 2.02. The number of pyridine rings is 1. The Balaban J connectivity index is 1.96. The van der Waals surface area contributed by atoms with Gasteiger partial charge in [0.25, 0.3) is 0 Å². The van der Waals surface area contributed by atoms with E-state index < -0.39 is 0 Å². The zero-order chi connectivity index (χ0) is 13.4. The van der Waals surface area contributed by atoms with Crippen LogP contribution in [0.25, 0.3) is 10.8 Å². The quantitative estimate of drug-likeness (QED) is 0.808. The molecule has 1 aliphatic rings. The molecule has 1 fully saturated rings. The van der Waals surface area contributed by atoms with E-state index in [2.05, 4.69) is 22.0 Å². The predicted molar refractivity (Wildman–Crippen MR) is 78.2 cm³/mol. The Morgan fingerprint density at radius 3 is 3.00 bits per heavy atom. The van der Waals surface area contributed by atoms with Gasteiger partial charge in [-0.15, -0.1) is 0 Å². The summed E-state index contributed by atoms with van der Waals surface area (Å²) >= 11 is 0. The smallest absolute Gasteiger partial charge is 0.0632 e. The van der Waals surface area contributed by atoms with Gasteiger partial charge < -0.3 is 15.7 Å². The Hall–Kier alpha value is -1.81. The number of aliphatic hydroxyl groups excluding tert-OH is 1. The molecular formula is C15H19N3O. The molecule has 2 unspecified atom stereocenters. The van der Waals surface area contributed by atoms with Crippen molar-refractivity contribution in [3.63, 3.8) is 0 Å². The molecular weight excluding hydrogens is 238 g/mol. The van der Waals surface area contributed by atoms with E-state index in [1.54, 1.807) is 6.20 Å². The van der Waals surface area contributed by atoms with Crippen LogP contribution in [-0.4, -0.2) is 29.3 Å². The number of hydrogen-bond acceptors (Lipinski definition) is 4. The average molecular weight is 257 g/mol. The van der Waals surface area contributed by atoms with Crippen molar-refractivity contribution in [1.82, 2.24) is 4.98 Å². The lowest BCUT2D eigenvalue weighted by Crippen LogP contribution is -2.24. The van der Waals surface area contributed by atoms with Crippen LogP contribution in [0.2, 0.25) is 0 Å². The second kappa shape index (κ2) is 4.70. The number of aliphatic hydroxyl groups is 1. The number of nitrogen functional groups attached to an aromatic ring is 1. The number of hydrogen-bond donors (Lipinski definition) is 2. The van der Waals surface area contributed by atoms with Gasteiger partial charge in [-0.1, -0.05) is 6.07 Å². The third-order valence-electron chi connectivity index (χ3n) is 4.09. The van der Waals surface area contributed by atoms with Gasteiger partial charge in [0.1, 0.15) is 0 Å². The van der Waals surface area contributed by atoms with Gasteiger partial charge in [0.2, 0.25) is 0 Å². The van der Waals surface area contributed by atoms with Crippen molar-refractivity contribution in [3.05, 3.63) is 30.6 Å². The molecule has 1 aromatic carbocycles. The van der Waals surface area contributed by atoms with E-state index in [-0.39, 0.29) is 6.10 Å². The first-order chi connectivity index (χ1) is 9.16. The Bertz CT molecular complexity index is 597. The summed E-state index contributed by atoms with van der Waals surface area (Å²) in [5, 5.41) is 11.8. The van der Waals surface area contributed by atoms with Crippen molar-refractivity contribution in [2.75, 3.05) is 23.7 Å². The zero-order valence-corrected chi connectivity index (χ0v) is 11.1. The molecule has 2 atom stereocenters. The molecule has 0 radical (unpaired) electrons. The first-order valence-corrected chi connectivity index (χ1v) is 6.72. The molecule has 0 bridgehead atoms. The van der Waals surface area contributed by atoms with Crippen LogP contribution in [0, 0.1) is 5.92 Å². The number of rotatable bonds is 2. The number of anilines is 2. The Kier molecular flexibility index (Phi) is 3.03. The van der Waals surface area contributed by atoms with E-state index >= 15 is 0 Å². The van der Waals surface area contributed by atoms with Crippen molar-refractivity contribution in [1.29, 1.82) is 0 Å². The van der Waals surface area contributed by atoms with Gasteiger partial charge in [0.15, 0.2) is 0 Å². The molecule has 2 heterocycles. The molecule has 0 spiro atoms. The molecule has 4 nitrogen and oxygen atoms in total. The highest BCUT2D eigenvalue weighted by Gasteiger charge is 2.27. The first kappa shape index (κ1) is 12.2. The maximum Gasteiger partial charge on any atom is 0.0632 e. The van der Waals surface area contributed by atoms with Gasteiger partial charge in [0.05, 0.1) is 17.5 Å². The molecule has 0 saturated carbocycles. The van der Waals surface area contributed by atoms with E-state index in [0.717, 1.165) is 41.7 Å². The highest BCUT2D eigenvalue weighted by atomic mass is 16.3. The minimum Gasteiger partial charge on any atom is -0.397 e. The number of aromatic nitrogens is 1. The standard InChI is InChI=1S/C15H19N3O/c1-10(19)12-5-7-18(9-12)14-3-2-11-8-17-6-4-13(11)15(14)16/h2-4,6,8,10,12,19H,5,7,9,16H2,1H3. The Morgan fingerprint density at radius 2 is 2.26 bits per heavy atom. The molecule has 1 aromatic heterocycles. The van der Waals surface area contributed by atoms with Crippen LogP contribution in [0.5, 0.6) is 0 Å². The summed E-state index contributed by atoms with van der Waals surface area (Å²) in [5.74, 6) is 0.340. The van der Waals surface area contributed by atoms with Crippen LogP contribution in [-0.2, 0) is 0 Å². The summed E-state index contributed by atoms with van der Waals surface area (Å²) < 4.78 is 0. The van der Waals surface area contributed by atoms with E-state index in [9.17, 15) is 5.11 Å². The molecule has 100 valence electrons. The second-order valence-electron chi connectivity index (χ2n) is 5.33. The fourth-order valence-electron chi connectivity index (χ4n) is 2.86. The van der Waals surface area contributed by atoms with Gasteiger partial charge in [-0.25, -0.2) is 0 Å². The van der Waals surface area contributed by atoms with Gasteiger partial charge in [-0.2, -0.15) is 0 Å². The fraction of sp³-hybridized carbons (Fsp3) is 0.400. The summed E-state index contributed by atoms with van der Waals surface area (Å²) in [6.07, 6.45) is 4.37. The SMILES string of the molecule is CC(O)C1CCN(c2ccc3cnccc3c2N)C1. The highest BCUT2D eigenvalue weighted by molar-refractivity contribution is 5.98. The largest absolute Gasteiger partial charge is 0.397 e. The summed E-state index contributed by atoms with van der Waals surface area (Å²) in [5.41, 5.74) is 8.17. The summed E-state index contributed by atoms with van der Waals surface area (Å²) in [4.78, 5) is 6.38. The average Bonchev–Trinajstić information content (AvgIpc) is 2.89. The van der Waals surface area contributed by atoms with Crippen molar-refractivity contribution in [3.8, 4) is 0 Å². The number of nitrogens with two attached hydrogens (primary N) is 1. The van der Waals surface area contributed by atoms with Crippen molar-refractivity contribution < 1.29 is 5.11 Å². The Morgan fingerprint density at radius 1 is 1.42 bits per heavy atom. The minimum atomic E-state index is -0.254. The lowest BCUT2D eigenvalue weighted by atomic mass is 10.0. The third kappa shape index (κ3) is 2.12. The van der Waals surface area contributed by atoms with E-state index in [1.807, 2.05) is 19.2 Å². The number of nitrogens with zero attached hydrogens (tertiary/aromatic N) is 2. The molecule has 2 aromatic rings. The summed E-state index contributed by atoms with van der Waals surface area (Å²) in [6, 6.07) is 6.07. The highest BCUT2D eigenvalue weighted by Crippen LogP contribution is 2.34. The lowest BCUT2D eigenvalue weighted by Gasteiger charge is -2.22. The number of fused-ring (bicyclic) bond motifs is 1. The third-order valence-corrected chi connectivity index (χ3v) is 4.09. The first-order valence-electron chi connectivity index (χ1n) is 6.72. The maximum atomic E-state index is 9.69. The van der Waals surface area contributed by atoms with Crippen LogP contribution in [0.3, 0.4) is 0 Å². The van der Waals surface area contributed by atoms with Crippen molar-refractivity contribution in [2.24, 2.45) is 5.92 Å². The van der Waals surface area contributed by atoms with E-state index in [1.165, 1.54) is 0 Å². The van der Waals surface area contributed by atoms with Crippen molar-refractivity contribution in [2.45, 2.75) is 19.4 Å². The second-order valence-corrected chi connectivity index (χ2v) is 5.33. The monoisotopic (exact) mass is 257 g/mol. The molecule has 3 rings (SSSR count). The van der Waals surface area contributed by atoms with Gasteiger partial charge >= 0.3 is 0 Å². The van der Waals surface area contributed by atoms with Gasteiger partial charge in [0, 0.05) is 42.2 Å². The molecule has 0 aliphatic carbocycles. The molecule has 0 amide bonds. The summed E-state index contributed by atoms with van der Waals surface area (Å²) in [7, 11) is 0. The normalized spacial score (nSPS) is 20.9. The van der Waals surface area contributed by atoms with Crippen LogP contribution in [0.4, 0.5) is 11.4 Å². The summed E-state index contributed by atoms with van der Waals surface area (Å²) in [6.45, 7) is 3.69. The molecule has 4 heteroatoms. The van der Waals surface area contributed by atoms with Crippen LogP contribution in [0.15, 0.2) is 30.6 Å². The van der Waals surface area contributed by atoms with Crippen molar-refractivity contribution >= 4 is 22.1 Å². The Labute approximate surface area is 112 Å². The topological polar surface area (TPSA) is 62.4 Å². The van der Waals surface area contributed by atoms with Crippen LogP contribution < -0.4 is 10.6 Å². The fourth-order valence-corrected chi connectivity index (χ4v) is 2.86. The van der Waals surface area contributed by atoms with E-state index in [4.69, 9.17) is 5.73 Å². The molecule has 3 N–H and O–H groups in total.